The molecular weight excluding hydrogens is 456 g/mol. The van der Waals surface area contributed by atoms with E-state index >= 15 is 0 Å². The number of aromatic nitrogens is 2. The van der Waals surface area contributed by atoms with Crippen molar-refractivity contribution in [3.05, 3.63) is 68.7 Å². The van der Waals surface area contributed by atoms with Crippen molar-refractivity contribution in [1.29, 1.82) is 0 Å². The number of H-pyrrole nitrogens is 1. The van der Waals surface area contributed by atoms with Gasteiger partial charge in [-0.05, 0) is 48.7 Å². The van der Waals surface area contributed by atoms with Gasteiger partial charge >= 0.3 is 0 Å². The van der Waals surface area contributed by atoms with Gasteiger partial charge in [0.15, 0.2) is 0 Å². The van der Waals surface area contributed by atoms with Gasteiger partial charge in [0.25, 0.3) is 11.1 Å². The standard InChI is InChI=1S/C24H28N4O5S/c1-3-26(4-2)34(32,33)18-11-12-21-17(16-18)8-7-14-27(21)22(29)13-15-28-24(31)20-10-6-5-9-19(20)23(30)25-28/h5-6,9-12,16H,3-4,7-8,13-15H2,1-2H3,(H,25,30). The van der Waals surface area contributed by atoms with Crippen molar-refractivity contribution in [3.63, 3.8) is 0 Å². The molecule has 1 aliphatic heterocycles. The molecule has 4 rings (SSSR count). The molecule has 1 aliphatic rings. The fourth-order valence-electron chi connectivity index (χ4n) is 4.45. The zero-order valence-electron chi connectivity index (χ0n) is 19.3. The van der Waals surface area contributed by atoms with E-state index in [0.717, 1.165) is 5.56 Å². The van der Waals surface area contributed by atoms with Gasteiger partial charge in [0.1, 0.15) is 0 Å². The molecule has 0 unspecified atom stereocenters. The average molecular weight is 485 g/mol. The fourth-order valence-corrected chi connectivity index (χ4v) is 5.96. The van der Waals surface area contributed by atoms with E-state index in [1.54, 1.807) is 61.2 Å². The maximum absolute atomic E-state index is 13.1. The lowest BCUT2D eigenvalue weighted by Crippen LogP contribution is -2.38. The lowest BCUT2D eigenvalue weighted by atomic mass is 10.0. The van der Waals surface area contributed by atoms with Crippen molar-refractivity contribution in [2.45, 2.75) is 44.6 Å². The quantitative estimate of drug-likeness (QED) is 0.552. The summed E-state index contributed by atoms with van der Waals surface area (Å²) in [4.78, 5) is 39.9. The number of anilines is 1. The fraction of sp³-hybridized carbons (Fsp3) is 0.375. The largest absolute Gasteiger partial charge is 0.312 e. The third-order valence-corrected chi connectivity index (χ3v) is 8.29. The highest BCUT2D eigenvalue weighted by Gasteiger charge is 2.27. The number of nitrogens with zero attached hydrogens (tertiary/aromatic N) is 3. The van der Waals surface area contributed by atoms with Crippen molar-refractivity contribution in [3.8, 4) is 0 Å². The first-order valence-corrected chi connectivity index (χ1v) is 12.9. The Morgan fingerprint density at radius 1 is 1.06 bits per heavy atom. The third kappa shape index (κ3) is 4.30. The Balaban J connectivity index is 1.56. The van der Waals surface area contributed by atoms with Crippen molar-refractivity contribution in [2.75, 3.05) is 24.5 Å². The molecule has 10 heteroatoms. The minimum absolute atomic E-state index is 0.0210. The summed E-state index contributed by atoms with van der Waals surface area (Å²) in [5.74, 6) is -0.193. The van der Waals surface area contributed by atoms with Gasteiger partial charge in [-0.2, -0.15) is 4.31 Å². The first kappa shape index (κ1) is 23.9. The number of carbonyl (C=O) groups is 1. The zero-order valence-corrected chi connectivity index (χ0v) is 20.1. The minimum atomic E-state index is -3.59. The van der Waals surface area contributed by atoms with Crippen molar-refractivity contribution in [1.82, 2.24) is 14.1 Å². The second-order valence-electron chi connectivity index (χ2n) is 8.22. The van der Waals surface area contributed by atoms with E-state index < -0.39 is 10.0 Å². The summed E-state index contributed by atoms with van der Waals surface area (Å²) in [6.07, 6.45) is 1.41. The summed E-state index contributed by atoms with van der Waals surface area (Å²) < 4.78 is 28.4. The van der Waals surface area contributed by atoms with E-state index in [1.165, 1.54) is 8.99 Å². The molecule has 0 bridgehead atoms. The molecule has 0 fully saturated rings. The minimum Gasteiger partial charge on any atom is -0.312 e. The number of aromatic amines is 1. The summed E-state index contributed by atoms with van der Waals surface area (Å²) in [5.41, 5.74) is 0.763. The number of hydrogen-bond acceptors (Lipinski definition) is 5. The monoisotopic (exact) mass is 484 g/mol. The van der Waals surface area contributed by atoms with E-state index in [9.17, 15) is 22.8 Å². The molecule has 1 amide bonds. The number of rotatable bonds is 7. The Kier molecular flexibility index (Phi) is 6.72. The molecule has 2 heterocycles. The molecular formula is C24H28N4O5S. The van der Waals surface area contributed by atoms with Gasteiger partial charge in [0, 0.05) is 31.7 Å². The van der Waals surface area contributed by atoms with Crippen molar-refractivity contribution >= 4 is 32.4 Å². The van der Waals surface area contributed by atoms with Gasteiger partial charge in [-0.3, -0.25) is 19.5 Å². The van der Waals surface area contributed by atoms with Gasteiger partial charge in [-0.15, -0.1) is 0 Å². The first-order chi connectivity index (χ1) is 16.3. The number of sulfonamides is 1. The van der Waals surface area contributed by atoms with Gasteiger partial charge in [-0.1, -0.05) is 26.0 Å². The predicted molar refractivity (Wildman–Crippen MR) is 131 cm³/mol. The maximum atomic E-state index is 13.1. The van der Waals surface area contributed by atoms with Gasteiger partial charge in [-0.25, -0.2) is 13.1 Å². The van der Waals surface area contributed by atoms with Crippen LogP contribution in [0.5, 0.6) is 0 Å². The summed E-state index contributed by atoms with van der Waals surface area (Å²) in [7, 11) is -3.59. The predicted octanol–water partition coefficient (Wildman–Crippen LogP) is 2.09. The molecule has 9 nitrogen and oxygen atoms in total. The maximum Gasteiger partial charge on any atom is 0.273 e. The molecule has 0 radical (unpaired) electrons. The second-order valence-corrected chi connectivity index (χ2v) is 10.2. The second kappa shape index (κ2) is 9.55. The van der Waals surface area contributed by atoms with E-state index in [2.05, 4.69) is 5.10 Å². The molecule has 34 heavy (non-hydrogen) atoms. The summed E-state index contributed by atoms with van der Waals surface area (Å²) in [6, 6.07) is 11.5. The molecule has 180 valence electrons. The van der Waals surface area contributed by atoms with Crippen LogP contribution in [-0.4, -0.2) is 48.0 Å². The van der Waals surface area contributed by atoms with E-state index in [4.69, 9.17) is 0 Å². The summed E-state index contributed by atoms with van der Waals surface area (Å²) >= 11 is 0. The molecule has 1 N–H and O–H groups in total. The lowest BCUT2D eigenvalue weighted by Gasteiger charge is -2.30. The molecule has 2 aromatic carbocycles. The Bertz CT molecular complexity index is 1450. The van der Waals surface area contributed by atoms with Crippen molar-refractivity contribution < 1.29 is 13.2 Å². The number of amides is 1. The topological polar surface area (TPSA) is 113 Å². The Hall–Kier alpha value is -3.24. The van der Waals surface area contributed by atoms with Crippen LogP contribution in [0.2, 0.25) is 0 Å². The van der Waals surface area contributed by atoms with Crippen molar-refractivity contribution in [2.24, 2.45) is 0 Å². The number of nitrogens with one attached hydrogen (secondary N) is 1. The van der Waals surface area contributed by atoms with Crippen LogP contribution in [-0.2, 0) is 27.8 Å². The summed E-state index contributed by atoms with van der Waals surface area (Å²) in [6.45, 7) is 4.92. The van der Waals surface area contributed by atoms with Crippen LogP contribution in [0.1, 0.15) is 32.3 Å². The third-order valence-electron chi connectivity index (χ3n) is 6.25. The molecule has 0 spiro atoms. The Morgan fingerprint density at radius 2 is 1.76 bits per heavy atom. The van der Waals surface area contributed by atoms with Gasteiger partial charge in [0.2, 0.25) is 15.9 Å². The van der Waals surface area contributed by atoms with Crippen LogP contribution in [0.4, 0.5) is 5.69 Å². The highest BCUT2D eigenvalue weighted by Crippen LogP contribution is 2.31. The summed E-state index contributed by atoms with van der Waals surface area (Å²) in [5, 5.41) is 3.17. The van der Waals surface area contributed by atoms with E-state index in [-0.39, 0.29) is 34.9 Å². The highest BCUT2D eigenvalue weighted by molar-refractivity contribution is 7.89. The normalized spacial score (nSPS) is 13.9. The first-order valence-electron chi connectivity index (χ1n) is 11.4. The van der Waals surface area contributed by atoms with Crippen LogP contribution in [0, 0.1) is 0 Å². The zero-order chi connectivity index (χ0) is 24.5. The molecule has 0 saturated heterocycles. The SMILES string of the molecule is CCN(CC)S(=O)(=O)c1ccc2c(c1)CCCN2C(=O)CCn1[nH]c(=O)c2ccccc2c1=O. The molecule has 0 saturated carbocycles. The Morgan fingerprint density at radius 3 is 2.47 bits per heavy atom. The van der Waals surface area contributed by atoms with Crippen LogP contribution in [0.25, 0.3) is 10.8 Å². The molecule has 0 aliphatic carbocycles. The number of fused-ring (bicyclic) bond motifs is 2. The highest BCUT2D eigenvalue weighted by atomic mass is 32.2. The number of hydrogen-bond donors (Lipinski definition) is 1. The molecule has 1 aromatic heterocycles. The smallest absolute Gasteiger partial charge is 0.273 e. The van der Waals surface area contributed by atoms with E-state index in [1.807, 2.05) is 0 Å². The lowest BCUT2D eigenvalue weighted by molar-refractivity contribution is -0.119. The molecule has 0 atom stereocenters. The molecule has 3 aromatic rings. The van der Waals surface area contributed by atoms with Crippen LogP contribution in [0.15, 0.2) is 56.9 Å². The van der Waals surface area contributed by atoms with Gasteiger partial charge in [0.05, 0.1) is 22.2 Å². The number of aryl methyl sites for hydroxylation is 2. The Labute approximate surface area is 197 Å². The van der Waals surface area contributed by atoms with Crippen LogP contribution in [0.3, 0.4) is 0 Å². The van der Waals surface area contributed by atoms with E-state index in [0.29, 0.717) is 48.9 Å². The van der Waals surface area contributed by atoms with Crippen LogP contribution < -0.4 is 16.0 Å². The van der Waals surface area contributed by atoms with Gasteiger partial charge < -0.3 is 4.90 Å². The number of benzene rings is 2. The number of carbonyl (C=O) groups excluding carboxylic acids is 1. The van der Waals surface area contributed by atoms with Crippen LogP contribution >= 0.6 is 0 Å². The average Bonchev–Trinajstić information content (AvgIpc) is 2.85.